The molecule has 0 atom stereocenters. The third-order valence-electron chi connectivity index (χ3n) is 6.31. The fraction of sp³-hybridized carbons (Fsp3) is 0.118. The molecule has 0 radical (unpaired) electrons. The summed E-state index contributed by atoms with van der Waals surface area (Å²) in [4.78, 5) is 29.8. The molecule has 0 saturated carbocycles. The zero-order valence-electron chi connectivity index (χ0n) is 22.9. The zero-order chi connectivity index (χ0) is 30.1. The number of H-pyrrole nitrogens is 2. The summed E-state index contributed by atoms with van der Waals surface area (Å²) in [6, 6.07) is 33.7. The van der Waals surface area contributed by atoms with Crippen LogP contribution in [-0.4, -0.2) is 53.3 Å². The van der Waals surface area contributed by atoms with Crippen LogP contribution < -0.4 is 5.46 Å². The third kappa shape index (κ3) is 8.26. The second kappa shape index (κ2) is 16.9. The predicted molar refractivity (Wildman–Crippen MR) is 182 cm³/mol. The maximum atomic E-state index is 12.0. The van der Waals surface area contributed by atoms with E-state index >= 15 is 0 Å². The number of methoxy groups -OCH3 is 2. The topological polar surface area (TPSA) is 125 Å². The fourth-order valence-corrected chi connectivity index (χ4v) is 4.90. The minimum Gasteiger partial charge on any atom is -0.465 e. The standard InChI is InChI=1S/C16H13NO2.C10H8BrNO2.C6H7BO2.2CH4/c1-19-16(18)14-12-9-5-6-10-13(12)17-15(14)11-7-3-2-4-8-11;1-14-10(13)8-6-4-2-3-5-7(6)12-9(8)11;8-7(9)6-4-2-1-3-5-6;;/h2-10,17H,1H3;2-5,12H,1H3;1-5,8-9H;2*1H4. The number of carbonyl (C=O) groups excluding carboxylic acids is 2. The first kappa shape index (κ1) is 35.6. The van der Waals surface area contributed by atoms with Gasteiger partial charge < -0.3 is 29.5 Å². The second-order valence-electron chi connectivity index (χ2n) is 8.91. The van der Waals surface area contributed by atoms with E-state index in [1.165, 1.54) is 14.2 Å². The highest BCUT2D eigenvalue weighted by Gasteiger charge is 2.20. The summed E-state index contributed by atoms with van der Waals surface area (Å²) >= 11 is 3.29. The lowest BCUT2D eigenvalue weighted by atomic mass is 9.81. The number of carbonyl (C=O) groups is 2. The molecule has 0 unspecified atom stereocenters. The van der Waals surface area contributed by atoms with Gasteiger partial charge in [-0.15, -0.1) is 0 Å². The van der Waals surface area contributed by atoms with Crippen LogP contribution in [0.2, 0.25) is 0 Å². The molecule has 4 aromatic carbocycles. The van der Waals surface area contributed by atoms with Crippen molar-refractivity contribution in [1.29, 1.82) is 0 Å². The molecule has 0 spiro atoms. The van der Waals surface area contributed by atoms with E-state index in [-0.39, 0.29) is 26.8 Å². The first-order chi connectivity index (χ1) is 20.3. The van der Waals surface area contributed by atoms with Crippen molar-refractivity contribution in [3.05, 3.63) is 125 Å². The summed E-state index contributed by atoms with van der Waals surface area (Å²) in [6.45, 7) is 0. The number of hydrogen-bond donors (Lipinski definition) is 4. The van der Waals surface area contributed by atoms with E-state index in [1.807, 2.05) is 84.9 Å². The lowest BCUT2D eigenvalue weighted by molar-refractivity contribution is 0.0594. The van der Waals surface area contributed by atoms with Gasteiger partial charge in [-0.05, 0) is 39.1 Å². The maximum absolute atomic E-state index is 12.0. The highest BCUT2D eigenvalue weighted by molar-refractivity contribution is 9.10. The number of aromatic nitrogens is 2. The molecule has 228 valence electrons. The molecule has 6 aromatic rings. The Morgan fingerprint density at radius 2 is 1.07 bits per heavy atom. The van der Waals surface area contributed by atoms with Crippen molar-refractivity contribution in [3.8, 4) is 11.3 Å². The van der Waals surface area contributed by atoms with E-state index in [0.29, 0.717) is 21.2 Å². The largest absolute Gasteiger partial charge is 0.488 e. The molecular formula is C34H36BBrN2O6. The van der Waals surface area contributed by atoms with Crippen LogP contribution in [0.3, 0.4) is 0 Å². The average Bonchev–Trinajstić information content (AvgIpc) is 3.59. The van der Waals surface area contributed by atoms with Crippen LogP contribution in [0.25, 0.3) is 33.1 Å². The van der Waals surface area contributed by atoms with Crippen LogP contribution in [0.5, 0.6) is 0 Å². The van der Waals surface area contributed by atoms with Crippen LogP contribution in [0.15, 0.2) is 114 Å². The van der Waals surface area contributed by atoms with Gasteiger partial charge in [0, 0.05) is 21.8 Å². The first-order valence-corrected chi connectivity index (χ1v) is 13.6. The molecule has 4 N–H and O–H groups in total. The molecule has 0 aliphatic carbocycles. The molecule has 0 saturated heterocycles. The molecule has 0 aliphatic heterocycles. The van der Waals surface area contributed by atoms with E-state index in [1.54, 1.807) is 24.3 Å². The molecule has 2 aromatic heterocycles. The number of fused-ring (bicyclic) bond motifs is 2. The summed E-state index contributed by atoms with van der Waals surface area (Å²) in [5.74, 6) is -0.661. The van der Waals surface area contributed by atoms with Gasteiger partial charge in [-0.2, -0.15) is 0 Å². The summed E-state index contributed by atoms with van der Waals surface area (Å²) in [5.41, 5.74) is 5.28. The van der Waals surface area contributed by atoms with Gasteiger partial charge >= 0.3 is 19.1 Å². The Morgan fingerprint density at radius 3 is 1.57 bits per heavy atom. The van der Waals surface area contributed by atoms with E-state index in [9.17, 15) is 9.59 Å². The number of aromatic amines is 2. The molecule has 2 heterocycles. The lowest BCUT2D eigenvalue weighted by Gasteiger charge is -2.03. The zero-order valence-corrected chi connectivity index (χ0v) is 24.5. The predicted octanol–water partition coefficient (Wildman–Crippen LogP) is 6.98. The normalized spacial score (nSPS) is 9.75. The van der Waals surface area contributed by atoms with Crippen LogP contribution in [0.4, 0.5) is 0 Å². The molecule has 44 heavy (non-hydrogen) atoms. The number of halogens is 1. The first-order valence-electron chi connectivity index (χ1n) is 12.9. The molecule has 10 heteroatoms. The Bertz CT molecular complexity index is 1790. The van der Waals surface area contributed by atoms with Crippen molar-refractivity contribution < 1.29 is 29.1 Å². The van der Waals surface area contributed by atoms with Crippen LogP contribution in [-0.2, 0) is 9.47 Å². The fourth-order valence-electron chi connectivity index (χ4n) is 4.31. The minimum atomic E-state index is -1.34. The van der Waals surface area contributed by atoms with E-state index in [2.05, 4.69) is 25.9 Å². The summed E-state index contributed by atoms with van der Waals surface area (Å²) in [7, 11) is 1.43. The Labute approximate surface area is 265 Å². The summed E-state index contributed by atoms with van der Waals surface area (Å²) in [5, 5.41) is 18.9. The molecule has 0 bridgehead atoms. The molecule has 0 fully saturated rings. The van der Waals surface area contributed by atoms with Crippen molar-refractivity contribution >= 4 is 62.3 Å². The number of hydrogen-bond acceptors (Lipinski definition) is 6. The number of benzene rings is 4. The number of ether oxygens (including phenoxy) is 2. The van der Waals surface area contributed by atoms with Crippen LogP contribution >= 0.6 is 15.9 Å². The van der Waals surface area contributed by atoms with Gasteiger partial charge in [0.2, 0.25) is 0 Å². The number of esters is 2. The Kier molecular flexibility index (Phi) is 13.6. The van der Waals surface area contributed by atoms with Gasteiger partial charge in [0.15, 0.2) is 0 Å². The second-order valence-corrected chi connectivity index (χ2v) is 9.71. The van der Waals surface area contributed by atoms with E-state index in [4.69, 9.17) is 19.5 Å². The molecular weight excluding hydrogens is 623 g/mol. The molecule has 0 aliphatic rings. The van der Waals surface area contributed by atoms with Crippen molar-refractivity contribution in [2.24, 2.45) is 0 Å². The van der Waals surface area contributed by atoms with E-state index in [0.717, 1.165) is 33.1 Å². The lowest BCUT2D eigenvalue weighted by Crippen LogP contribution is -2.29. The number of nitrogens with one attached hydrogen (secondary N) is 2. The minimum absolute atomic E-state index is 0. The number of para-hydroxylation sites is 2. The van der Waals surface area contributed by atoms with Gasteiger partial charge in [-0.3, -0.25) is 0 Å². The molecule has 0 amide bonds. The highest BCUT2D eigenvalue weighted by Crippen LogP contribution is 2.30. The Morgan fingerprint density at radius 1 is 0.636 bits per heavy atom. The monoisotopic (exact) mass is 658 g/mol. The smallest absolute Gasteiger partial charge is 0.465 e. The van der Waals surface area contributed by atoms with Crippen molar-refractivity contribution in [3.63, 3.8) is 0 Å². The van der Waals surface area contributed by atoms with Crippen molar-refractivity contribution in [2.45, 2.75) is 14.9 Å². The SMILES string of the molecule is C.C.COC(=O)c1c(-c2ccccc2)[nH]c2ccccc12.COC(=O)c1c(Br)[nH]c2ccccc12.OB(O)c1ccccc1. The molecule has 6 rings (SSSR count). The summed E-state index contributed by atoms with van der Waals surface area (Å²) < 4.78 is 10.3. The van der Waals surface area contributed by atoms with Crippen molar-refractivity contribution in [1.82, 2.24) is 9.97 Å². The Balaban J connectivity index is 0.000000240. The maximum Gasteiger partial charge on any atom is 0.488 e. The third-order valence-corrected chi connectivity index (χ3v) is 6.90. The van der Waals surface area contributed by atoms with Gasteiger partial charge in [0.05, 0.1) is 35.6 Å². The van der Waals surface area contributed by atoms with Gasteiger partial charge in [0.1, 0.15) is 0 Å². The quantitative estimate of drug-likeness (QED) is 0.120. The van der Waals surface area contributed by atoms with Crippen molar-refractivity contribution in [2.75, 3.05) is 14.2 Å². The summed E-state index contributed by atoms with van der Waals surface area (Å²) in [6.07, 6.45) is 0. The Hall–Kier alpha value is -4.64. The van der Waals surface area contributed by atoms with E-state index < -0.39 is 7.12 Å². The highest BCUT2D eigenvalue weighted by atomic mass is 79.9. The van der Waals surface area contributed by atoms with Gasteiger partial charge in [-0.25, -0.2) is 9.59 Å². The van der Waals surface area contributed by atoms with Crippen LogP contribution in [0.1, 0.15) is 35.6 Å². The van der Waals surface area contributed by atoms with Gasteiger partial charge in [-0.1, -0.05) is 112 Å². The molecule has 8 nitrogen and oxygen atoms in total. The number of rotatable bonds is 4. The van der Waals surface area contributed by atoms with Gasteiger partial charge in [0.25, 0.3) is 0 Å². The average molecular weight is 659 g/mol. The van der Waals surface area contributed by atoms with Crippen LogP contribution in [0, 0.1) is 0 Å².